The minimum absolute atomic E-state index is 0. The SMILES string of the molecule is N=[C+]c1ccccc1.[Cl-]. The third-order valence-electron chi connectivity index (χ3n) is 0.918. The summed E-state index contributed by atoms with van der Waals surface area (Å²) in [5.74, 6) is 0. The molecule has 0 aliphatic carbocycles. The van der Waals surface area contributed by atoms with Crippen LogP contribution in [0.4, 0.5) is 0 Å². The van der Waals surface area contributed by atoms with Gasteiger partial charge in [-0.3, -0.25) is 0 Å². The van der Waals surface area contributed by atoms with Crippen molar-refractivity contribution in [1.82, 2.24) is 0 Å². The maximum Gasteiger partial charge on any atom is 0.208 e. The van der Waals surface area contributed by atoms with Gasteiger partial charge in [0.25, 0.3) is 0 Å². The average Bonchev–Trinajstić information content (AvgIpc) is 1.90. The van der Waals surface area contributed by atoms with Crippen molar-refractivity contribution in [2.75, 3.05) is 0 Å². The highest BCUT2D eigenvalue weighted by Gasteiger charge is 1.91. The molecule has 0 heterocycles. The predicted molar refractivity (Wildman–Crippen MR) is 33.3 cm³/mol. The van der Waals surface area contributed by atoms with E-state index in [2.05, 4.69) is 6.21 Å². The van der Waals surface area contributed by atoms with Crippen LogP contribution in [0.3, 0.4) is 0 Å². The second kappa shape index (κ2) is 4.02. The zero-order chi connectivity index (χ0) is 5.82. The second-order valence-corrected chi connectivity index (χ2v) is 1.49. The Morgan fingerprint density at radius 3 is 2.00 bits per heavy atom. The van der Waals surface area contributed by atoms with Gasteiger partial charge in [-0.05, 0) is 18.2 Å². The van der Waals surface area contributed by atoms with Gasteiger partial charge in [-0.1, -0.05) is 0 Å². The zero-order valence-electron chi connectivity index (χ0n) is 4.76. The lowest BCUT2D eigenvalue weighted by Gasteiger charge is -1.71. The molecule has 0 spiro atoms. The van der Waals surface area contributed by atoms with Crippen molar-refractivity contribution < 1.29 is 12.4 Å². The van der Waals surface area contributed by atoms with Crippen LogP contribution in [0.1, 0.15) is 5.56 Å². The molecule has 0 aliphatic heterocycles. The van der Waals surface area contributed by atoms with Gasteiger partial charge in [0.15, 0.2) is 6.21 Å². The van der Waals surface area contributed by atoms with Gasteiger partial charge in [-0.15, -0.1) is 0 Å². The van der Waals surface area contributed by atoms with Gasteiger partial charge in [-0.25, -0.2) is 0 Å². The molecule has 0 bridgehead atoms. The third-order valence-corrected chi connectivity index (χ3v) is 0.918. The van der Waals surface area contributed by atoms with Crippen LogP contribution in [0.5, 0.6) is 0 Å². The second-order valence-electron chi connectivity index (χ2n) is 1.49. The van der Waals surface area contributed by atoms with Crippen LogP contribution in [0, 0.1) is 5.41 Å². The van der Waals surface area contributed by atoms with E-state index in [-0.39, 0.29) is 12.4 Å². The maximum atomic E-state index is 6.69. The highest BCUT2D eigenvalue weighted by atomic mass is 35.5. The van der Waals surface area contributed by atoms with Gasteiger partial charge in [0.05, 0.1) is 12.1 Å². The first-order valence-electron chi connectivity index (χ1n) is 2.41. The lowest BCUT2D eigenvalue weighted by atomic mass is 10.2. The molecule has 1 rings (SSSR count). The van der Waals surface area contributed by atoms with Crippen LogP contribution < -0.4 is 12.4 Å². The molecule has 1 aromatic rings. The van der Waals surface area contributed by atoms with Crippen molar-refractivity contribution in [3.8, 4) is 0 Å². The molecule has 1 N–H and O–H groups in total. The Balaban J connectivity index is 0.000000640. The summed E-state index contributed by atoms with van der Waals surface area (Å²) in [4.78, 5) is 0. The molecule has 0 atom stereocenters. The van der Waals surface area contributed by atoms with Gasteiger partial charge >= 0.3 is 0 Å². The van der Waals surface area contributed by atoms with Gasteiger partial charge in [0, 0.05) is 0 Å². The molecule has 46 valence electrons. The monoisotopic (exact) mass is 139 g/mol. The Hall–Kier alpha value is -0.910. The van der Waals surface area contributed by atoms with E-state index in [1.165, 1.54) is 0 Å². The van der Waals surface area contributed by atoms with Crippen LogP contribution >= 0.6 is 0 Å². The van der Waals surface area contributed by atoms with Crippen LogP contribution in [0.2, 0.25) is 0 Å². The Kier molecular flexibility index (Phi) is 3.61. The van der Waals surface area contributed by atoms with E-state index < -0.39 is 0 Å². The molecule has 1 aromatic carbocycles. The third kappa shape index (κ3) is 2.22. The van der Waals surface area contributed by atoms with Gasteiger partial charge in [0.2, 0.25) is 5.56 Å². The van der Waals surface area contributed by atoms with Crippen molar-refractivity contribution in [1.29, 1.82) is 5.41 Å². The molecular formula is C7H6ClN. The summed E-state index contributed by atoms with van der Waals surface area (Å²) >= 11 is 0. The van der Waals surface area contributed by atoms with Crippen molar-refractivity contribution >= 4 is 6.21 Å². The summed E-state index contributed by atoms with van der Waals surface area (Å²) < 4.78 is 0. The topological polar surface area (TPSA) is 23.9 Å². The van der Waals surface area contributed by atoms with Crippen molar-refractivity contribution in [2.24, 2.45) is 0 Å². The molecule has 0 saturated carbocycles. The lowest BCUT2D eigenvalue weighted by Crippen LogP contribution is -3.00. The van der Waals surface area contributed by atoms with Gasteiger partial charge < -0.3 is 12.4 Å². The molecule has 0 radical (unpaired) electrons. The number of hydrogen-bond donors (Lipinski definition) is 1. The Labute approximate surface area is 60.6 Å². The summed E-state index contributed by atoms with van der Waals surface area (Å²) in [6.07, 6.45) is 2.28. The van der Waals surface area contributed by atoms with Crippen LogP contribution in [0.25, 0.3) is 0 Å². The minimum atomic E-state index is 0. The van der Waals surface area contributed by atoms with Crippen molar-refractivity contribution in [3.05, 3.63) is 35.9 Å². The highest BCUT2D eigenvalue weighted by molar-refractivity contribution is 5.76. The molecule has 9 heavy (non-hydrogen) atoms. The fourth-order valence-electron chi connectivity index (χ4n) is 0.521. The summed E-state index contributed by atoms with van der Waals surface area (Å²) in [6, 6.07) is 9.37. The van der Waals surface area contributed by atoms with E-state index in [0.29, 0.717) is 0 Å². The first-order chi connectivity index (χ1) is 3.93. The quantitative estimate of drug-likeness (QED) is 0.364. The van der Waals surface area contributed by atoms with Crippen molar-refractivity contribution in [2.45, 2.75) is 0 Å². The van der Waals surface area contributed by atoms with E-state index >= 15 is 0 Å². The van der Waals surface area contributed by atoms with E-state index in [4.69, 9.17) is 5.41 Å². The van der Waals surface area contributed by atoms with E-state index in [1.54, 1.807) is 0 Å². The van der Waals surface area contributed by atoms with Crippen LogP contribution in [0.15, 0.2) is 30.3 Å². The fraction of sp³-hybridized carbons (Fsp3) is 0. The Morgan fingerprint density at radius 2 is 1.67 bits per heavy atom. The molecule has 2 heteroatoms. The standard InChI is InChI=1S/C7H6N.ClH/c8-6-7-4-2-1-3-5-7;/h1-5,8H;1H/q+1;/p-1. The maximum absolute atomic E-state index is 6.69. The summed E-state index contributed by atoms with van der Waals surface area (Å²) in [5.41, 5.74) is 0.826. The van der Waals surface area contributed by atoms with Crippen molar-refractivity contribution in [3.63, 3.8) is 0 Å². The smallest absolute Gasteiger partial charge is 0.208 e. The van der Waals surface area contributed by atoms with Gasteiger partial charge in [-0.2, -0.15) is 5.41 Å². The minimum Gasteiger partial charge on any atom is -1.00 e. The van der Waals surface area contributed by atoms with E-state index in [1.807, 2.05) is 30.3 Å². The summed E-state index contributed by atoms with van der Waals surface area (Å²) in [5, 5.41) is 6.69. The van der Waals surface area contributed by atoms with Gasteiger partial charge in [0.1, 0.15) is 0 Å². The molecule has 0 fully saturated rings. The molecule has 1 nitrogen and oxygen atoms in total. The van der Waals surface area contributed by atoms with Crippen LogP contribution in [-0.4, -0.2) is 6.21 Å². The van der Waals surface area contributed by atoms with E-state index in [0.717, 1.165) is 5.56 Å². The highest BCUT2D eigenvalue weighted by Crippen LogP contribution is 1.91. The first-order valence-corrected chi connectivity index (χ1v) is 2.41. The molecule has 0 amide bonds. The number of halogens is 1. The summed E-state index contributed by atoms with van der Waals surface area (Å²) in [7, 11) is 0. The number of nitrogens with one attached hydrogen (secondary N) is 1. The molecule has 0 saturated heterocycles. The lowest BCUT2D eigenvalue weighted by molar-refractivity contribution is -0.00000180. The normalized spacial score (nSPS) is 7.11. The Bertz CT molecular complexity index is 172. The first kappa shape index (κ1) is 8.09. The molecular weight excluding hydrogens is 134 g/mol. The molecule has 0 aromatic heterocycles. The fourth-order valence-corrected chi connectivity index (χ4v) is 0.521. The number of rotatable bonds is 1. The Morgan fingerprint density at radius 1 is 1.11 bits per heavy atom. The largest absolute Gasteiger partial charge is 1.00 e. The number of hydrogen-bond acceptors (Lipinski definition) is 1. The average molecular weight is 140 g/mol. The molecule has 0 aliphatic rings. The molecule has 0 unspecified atom stereocenters. The number of benzene rings is 1. The van der Waals surface area contributed by atoms with Crippen LogP contribution in [-0.2, 0) is 0 Å². The summed E-state index contributed by atoms with van der Waals surface area (Å²) in [6.45, 7) is 0. The predicted octanol–water partition coefficient (Wildman–Crippen LogP) is -1.43. The van der Waals surface area contributed by atoms with E-state index in [9.17, 15) is 0 Å². The zero-order valence-corrected chi connectivity index (χ0v) is 5.52.